The predicted molar refractivity (Wildman–Crippen MR) is 107 cm³/mol. The molecule has 1 heterocycles. The van der Waals surface area contributed by atoms with E-state index in [0.29, 0.717) is 28.0 Å². The molecule has 3 rings (SSSR count). The van der Waals surface area contributed by atoms with Crippen molar-refractivity contribution >= 4 is 28.7 Å². The zero-order valence-electron chi connectivity index (χ0n) is 15.0. The Bertz CT molecular complexity index is 986. The van der Waals surface area contributed by atoms with Crippen LogP contribution >= 0.6 is 11.3 Å². The highest BCUT2D eigenvalue weighted by Gasteiger charge is 2.18. The Hall–Kier alpha value is -3.18. The second kappa shape index (κ2) is 8.01. The maximum atomic E-state index is 12.9. The summed E-state index contributed by atoms with van der Waals surface area (Å²) in [6.45, 7) is 3.99. The smallest absolute Gasteiger partial charge is 0.337 e. The van der Waals surface area contributed by atoms with E-state index in [0.717, 1.165) is 10.4 Å². The number of allylic oxidation sites excluding steroid dienone is 1. The van der Waals surface area contributed by atoms with E-state index in [2.05, 4.69) is 11.3 Å². The minimum atomic E-state index is -0.446. The van der Waals surface area contributed by atoms with Gasteiger partial charge >= 0.3 is 5.97 Å². The molecule has 0 amide bonds. The van der Waals surface area contributed by atoms with Gasteiger partial charge in [-0.1, -0.05) is 24.8 Å². The maximum Gasteiger partial charge on any atom is 0.337 e. The topological polar surface area (TPSA) is 52.6 Å². The fourth-order valence-electron chi connectivity index (χ4n) is 2.71. The second-order valence-corrected chi connectivity index (χ2v) is 6.72. The lowest BCUT2D eigenvalue weighted by molar-refractivity contribution is 0.0600. The second-order valence-electron chi connectivity index (χ2n) is 5.77. The quantitative estimate of drug-likeness (QED) is 0.340. The summed E-state index contributed by atoms with van der Waals surface area (Å²) in [4.78, 5) is 25.5. The Balaban J connectivity index is 1.93. The molecule has 0 aliphatic rings. The number of ketones is 1. The molecule has 4 nitrogen and oxygen atoms in total. The molecule has 0 aliphatic carbocycles. The predicted octanol–water partition coefficient (Wildman–Crippen LogP) is 5.11. The number of thiophene rings is 1. The van der Waals surface area contributed by atoms with Crippen LogP contribution in [0.5, 0.6) is 5.75 Å². The van der Waals surface area contributed by atoms with Gasteiger partial charge in [0.15, 0.2) is 5.78 Å². The van der Waals surface area contributed by atoms with Gasteiger partial charge in [-0.15, -0.1) is 11.3 Å². The lowest BCUT2D eigenvalue weighted by atomic mass is 9.95. The number of hydrogen-bond donors (Lipinski definition) is 0. The summed E-state index contributed by atoms with van der Waals surface area (Å²) in [7, 11) is 2.88. The van der Waals surface area contributed by atoms with Crippen LogP contribution in [0.3, 0.4) is 0 Å². The van der Waals surface area contributed by atoms with E-state index in [1.165, 1.54) is 7.11 Å². The van der Waals surface area contributed by atoms with Gasteiger partial charge in [0.05, 0.1) is 19.8 Å². The van der Waals surface area contributed by atoms with Gasteiger partial charge in [-0.05, 0) is 47.3 Å². The molecule has 2 aromatic carbocycles. The van der Waals surface area contributed by atoms with Crippen LogP contribution in [0.4, 0.5) is 0 Å². The molecule has 0 saturated carbocycles. The molecule has 0 saturated heterocycles. The van der Waals surface area contributed by atoms with Crippen LogP contribution in [0.2, 0.25) is 0 Å². The molecule has 0 atom stereocenters. The van der Waals surface area contributed by atoms with Crippen molar-refractivity contribution in [3.63, 3.8) is 0 Å². The van der Waals surface area contributed by atoms with Crippen LogP contribution < -0.4 is 4.74 Å². The summed E-state index contributed by atoms with van der Waals surface area (Å²) in [5, 5.41) is 2.00. The number of rotatable bonds is 6. The molecular weight excluding hydrogens is 360 g/mol. The van der Waals surface area contributed by atoms with E-state index in [4.69, 9.17) is 4.74 Å². The van der Waals surface area contributed by atoms with Crippen molar-refractivity contribution in [2.24, 2.45) is 0 Å². The van der Waals surface area contributed by atoms with E-state index < -0.39 is 5.97 Å². The zero-order valence-corrected chi connectivity index (χ0v) is 15.8. The van der Waals surface area contributed by atoms with Crippen LogP contribution in [0.1, 0.15) is 26.3 Å². The van der Waals surface area contributed by atoms with E-state index in [1.807, 2.05) is 35.7 Å². The third kappa shape index (κ3) is 3.83. The van der Waals surface area contributed by atoms with Gasteiger partial charge in [-0.3, -0.25) is 4.79 Å². The summed E-state index contributed by atoms with van der Waals surface area (Å²) in [5.41, 5.74) is 2.80. The van der Waals surface area contributed by atoms with Crippen molar-refractivity contribution < 1.29 is 19.1 Å². The van der Waals surface area contributed by atoms with Gasteiger partial charge in [0.1, 0.15) is 5.75 Å². The SMILES string of the molecule is C=C(C(=O)c1ccc(C(=O)OC)cc1)c1cc(-c2cccs2)ccc1OC. The van der Waals surface area contributed by atoms with Crippen molar-refractivity contribution in [2.75, 3.05) is 14.2 Å². The molecular formula is C22H18O4S. The third-order valence-corrected chi connectivity index (χ3v) is 5.09. The van der Waals surface area contributed by atoms with Gasteiger partial charge in [0.25, 0.3) is 0 Å². The Labute approximate surface area is 161 Å². The minimum absolute atomic E-state index is 0.229. The largest absolute Gasteiger partial charge is 0.496 e. The molecule has 0 bridgehead atoms. The van der Waals surface area contributed by atoms with E-state index in [-0.39, 0.29) is 5.78 Å². The molecule has 0 radical (unpaired) electrons. The van der Waals surface area contributed by atoms with Crippen molar-refractivity contribution in [3.8, 4) is 16.2 Å². The fourth-order valence-corrected chi connectivity index (χ4v) is 3.44. The summed E-state index contributed by atoms with van der Waals surface area (Å²) in [6, 6.07) is 16.0. The van der Waals surface area contributed by atoms with E-state index in [9.17, 15) is 9.59 Å². The summed E-state index contributed by atoms with van der Waals surface area (Å²) >= 11 is 1.62. The fraction of sp³-hybridized carbons (Fsp3) is 0.0909. The number of carbonyl (C=O) groups is 2. The summed E-state index contributed by atoms with van der Waals surface area (Å²) in [5.74, 6) is -0.0916. The average Bonchev–Trinajstić information content (AvgIpc) is 3.26. The van der Waals surface area contributed by atoms with Gasteiger partial charge in [-0.25, -0.2) is 4.79 Å². The number of benzene rings is 2. The summed E-state index contributed by atoms with van der Waals surface area (Å²) in [6.07, 6.45) is 0. The van der Waals surface area contributed by atoms with Gasteiger partial charge in [0, 0.05) is 21.6 Å². The lowest BCUT2D eigenvalue weighted by Gasteiger charge is -2.12. The number of carbonyl (C=O) groups excluding carboxylic acids is 2. The van der Waals surface area contributed by atoms with Crippen molar-refractivity contribution in [2.45, 2.75) is 0 Å². The van der Waals surface area contributed by atoms with Gasteiger partial charge < -0.3 is 9.47 Å². The zero-order chi connectivity index (χ0) is 19.4. The molecule has 0 fully saturated rings. The van der Waals surface area contributed by atoms with E-state index >= 15 is 0 Å². The maximum absolute atomic E-state index is 12.9. The molecule has 0 spiro atoms. The number of Topliss-reactive ketones (excluding diaryl/α,β-unsaturated/α-hetero) is 1. The molecule has 0 aliphatic heterocycles. The van der Waals surface area contributed by atoms with Crippen LogP contribution in [-0.2, 0) is 4.74 Å². The first-order chi connectivity index (χ1) is 13.0. The van der Waals surface area contributed by atoms with Crippen molar-refractivity contribution in [1.29, 1.82) is 0 Å². The van der Waals surface area contributed by atoms with Crippen LogP contribution in [0.25, 0.3) is 16.0 Å². The number of hydrogen-bond acceptors (Lipinski definition) is 5. The minimum Gasteiger partial charge on any atom is -0.496 e. The Morgan fingerprint density at radius 3 is 2.26 bits per heavy atom. The van der Waals surface area contributed by atoms with Gasteiger partial charge in [0.2, 0.25) is 0 Å². The highest BCUT2D eigenvalue weighted by molar-refractivity contribution is 7.13. The molecule has 0 N–H and O–H groups in total. The molecule has 5 heteroatoms. The first-order valence-electron chi connectivity index (χ1n) is 8.19. The Morgan fingerprint density at radius 2 is 1.67 bits per heavy atom. The van der Waals surface area contributed by atoms with Gasteiger partial charge in [-0.2, -0.15) is 0 Å². The summed E-state index contributed by atoms with van der Waals surface area (Å²) < 4.78 is 10.1. The third-order valence-electron chi connectivity index (χ3n) is 4.17. The van der Waals surface area contributed by atoms with Crippen molar-refractivity contribution in [1.82, 2.24) is 0 Å². The normalized spacial score (nSPS) is 10.3. The Morgan fingerprint density at radius 1 is 0.963 bits per heavy atom. The number of ether oxygens (including phenoxy) is 2. The lowest BCUT2D eigenvalue weighted by Crippen LogP contribution is -2.05. The monoisotopic (exact) mass is 378 g/mol. The standard InChI is InChI=1S/C22H18O4S/c1-14(21(23)15-6-8-16(9-7-15)22(24)26-3)18-13-17(10-11-19(18)25-2)20-5-4-12-27-20/h4-13H,1H2,2-3H3. The molecule has 27 heavy (non-hydrogen) atoms. The van der Waals surface area contributed by atoms with E-state index in [1.54, 1.807) is 42.7 Å². The molecule has 136 valence electrons. The number of methoxy groups -OCH3 is 2. The first-order valence-corrected chi connectivity index (χ1v) is 9.07. The highest BCUT2D eigenvalue weighted by Crippen LogP contribution is 2.34. The molecule has 0 unspecified atom stereocenters. The first kappa shape index (κ1) is 18.6. The molecule has 1 aromatic heterocycles. The highest BCUT2D eigenvalue weighted by atomic mass is 32.1. The van der Waals surface area contributed by atoms with Crippen LogP contribution in [0, 0.1) is 0 Å². The van der Waals surface area contributed by atoms with Crippen LogP contribution in [0.15, 0.2) is 66.6 Å². The van der Waals surface area contributed by atoms with Crippen molar-refractivity contribution in [3.05, 3.63) is 83.2 Å². The Kier molecular flexibility index (Phi) is 5.52. The molecule has 3 aromatic rings. The number of esters is 1. The average molecular weight is 378 g/mol. The van der Waals surface area contributed by atoms with Crippen LogP contribution in [-0.4, -0.2) is 26.0 Å².